The molecule has 0 aliphatic heterocycles. The molecule has 3 N–H and O–H groups in total. The monoisotopic (exact) mass is 343 g/mol. The molecule has 2 rings (SSSR count). The van der Waals surface area contributed by atoms with E-state index in [1.54, 1.807) is 6.07 Å². The Morgan fingerprint density at radius 1 is 1.33 bits per heavy atom. The van der Waals surface area contributed by atoms with Crippen LogP contribution in [0.1, 0.15) is 25.7 Å². The van der Waals surface area contributed by atoms with Crippen LogP contribution in [-0.4, -0.2) is 41.2 Å². The number of halogens is 2. The van der Waals surface area contributed by atoms with E-state index in [0.717, 1.165) is 0 Å². The summed E-state index contributed by atoms with van der Waals surface area (Å²) in [6.45, 7) is -0.813. The standard InChI is InChI=1S/C15H19F2N3O4/c16-12(17)8-24-13-11(2-1-7-18-13)20-15(23)19-10-5-3-9(4-6-10)14(21)22/h1-2,7,9-10,12H,3-6,8H2,(H,21,22)(H2,19,20,23). The summed E-state index contributed by atoms with van der Waals surface area (Å²) in [5.74, 6) is -1.25. The first-order valence-corrected chi connectivity index (χ1v) is 7.62. The van der Waals surface area contributed by atoms with Crippen LogP contribution in [0.4, 0.5) is 19.3 Å². The zero-order valence-electron chi connectivity index (χ0n) is 12.9. The molecule has 1 aliphatic carbocycles. The van der Waals surface area contributed by atoms with Crippen LogP contribution in [0.3, 0.4) is 0 Å². The molecule has 1 aromatic rings. The maximum Gasteiger partial charge on any atom is 0.319 e. The Morgan fingerprint density at radius 3 is 2.67 bits per heavy atom. The van der Waals surface area contributed by atoms with E-state index < -0.39 is 25.0 Å². The number of alkyl halides is 2. The minimum absolute atomic E-state index is 0.0810. The lowest BCUT2D eigenvalue weighted by molar-refractivity contribution is -0.142. The number of nitrogens with one attached hydrogen (secondary N) is 2. The Morgan fingerprint density at radius 2 is 2.04 bits per heavy atom. The molecule has 1 aliphatic rings. The summed E-state index contributed by atoms with van der Waals surface area (Å²) < 4.78 is 29.3. The molecule has 7 nitrogen and oxygen atoms in total. The van der Waals surface area contributed by atoms with E-state index in [2.05, 4.69) is 15.6 Å². The van der Waals surface area contributed by atoms with Gasteiger partial charge < -0.3 is 20.5 Å². The second kappa shape index (κ2) is 8.42. The molecule has 132 valence electrons. The van der Waals surface area contributed by atoms with E-state index in [0.29, 0.717) is 25.7 Å². The zero-order valence-corrected chi connectivity index (χ0v) is 12.9. The van der Waals surface area contributed by atoms with Crippen LogP contribution in [0.5, 0.6) is 5.88 Å². The summed E-state index contributed by atoms with van der Waals surface area (Å²) in [5, 5.41) is 14.2. The van der Waals surface area contributed by atoms with Crippen molar-refractivity contribution in [1.29, 1.82) is 0 Å². The minimum atomic E-state index is -2.64. The molecular weight excluding hydrogens is 324 g/mol. The smallest absolute Gasteiger partial charge is 0.319 e. The third-order valence-corrected chi connectivity index (χ3v) is 3.78. The van der Waals surface area contributed by atoms with Gasteiger partial charge in [-0.3, -0.25) is 4.79 Å². The van der Waals surface area contributed by atoms with Crippen LogP contribution in [-0.2, 0) is 4.79 Å². The number of anilines is 1. The molecule has 0 saturated heterocycles. The first-order chi connectivity index (χ1) is 11.5. The number of urea groups is 1. The number of carbonyl (C=O) groups excluding carboxylic acids is 1. The number of nitrogens with zero attached hydrogens (tertiary/aromatic N) is 1. The highest BCUT2D eigenvalue weighted by molar-refractivity contribution is 5.90. The molecule has 1 fully saturated rings. The maximum absolute atomic E-state index is 12.2. The summed E-state index contributed by atoms with van der Waals surface area (Å²) in [6, 6.07) is 2.41. The number of hydrogen-bond donors (Lipinski definition) is 3. The summed E-state index contributed by atoms with van der Waals surface area (Å²) in [7, 11) is 0. The quantitative estimate of drug-likeness (QED) is 0.737. The molecule has 1 heterocycles. The number of aliphatic carboxylic acids is 1. The highest BCUT2D eigenvalue weighted by Gasteiger charge is 2.26. The molecule has 9 heteroatoms. The SMILES string of the molecule is O=C(Nc1cccnc1OCC(F)F)NC1CCC(C(=O)O)CC1. The highest BCUT2D eigenvalue weighted by Crippen LogP contribution is 2.25. The molecule has 0 unspecified atom stereocenters. The molecule has 2 amide bonds. The first-order valence-electron chi connectivity index (χ1n) is 7.62. The van der Waals surface area contributed by atoms with E-state index in [-0.39, 0.29) is 23.5 Å². The Bertz CT molecular complexity index is 578. The topological polar surface area (TPSA) is 101 Å². The van der Waals surface area contributed by atoms with E-state index in [1.165, 1.54) is 12.3 Å². The summed E-state index contributed by atoms with van der Waals surface area (Å²) >= 11 is 0. The Balaban J connectivity index is 1.85. The van der Waals surface area contributed by atoms with Crippen molar-refractivity contribution in [3.05, 3.63) is 18.3 Å². The van der Waals surface area contributed by atoms with Crippen LogP contribution < -0.4 is 15.4 Å². The average molecular weight is 343 g/mol. The molecule has 1 aromatic heterocycles. The van der Waals surface area contributed by atoms with Crippen LogP contribution >= 0.6 is 0 Å². The third kappa shape index (κ3) is 5.32. The highest BCUT2D eigenvalue weighted by atomic mass is 19.3. The largest absolute Gasteiger partial charge is 0.481 e. The van der Waals surface area contributed by atoms with Crippen molar-refractivity contribution in [2.45, 2.75) is 38.2 Å². The van der Waals surface area contributed by atoms with Gasteiger partial charge in [-0.25, -0.2) is 18.6 Å². The number of aromatic nitrogens is 1. The van der Waals surface area contributed by atoms with E-state index in [9.17, 15) is 18.4 Å². The van der Waals surface area contributed by atoms with Gasteiger partial charge in [-0.2, -0.15) is 0 Å². The van der Waals surface area contributed by atoms with Gasteiger partial charge in [-0.15, -0.1) is 0 Å². The van der Waals surface area contributed by atoms with Crippen LogP contribution in [0.2, 0.25) is 0 Å². The molecule has 1 saturated carbocycles. The van der Waals surface area contributed by atoms with Gasteiger partial charge in [-0.05, 0) is 37.8 Å². The molecule has 0 bridgehead atoms. The fraction of sp³-hybridized carbons (Fsp3) is 0.533. The Kier molecular flexibility index (Phi) is 6.28. The van der Waals surface area contributed by atoms with Gasteiger partial charge >= 0.3 is 12.0 Å². The summed E-state index contributed by atoms with van der Waals surface area (Å²) in [4.78, 5) is 26.7. The van der Waals surface area contributed by atoms with E-state index in [4.69, 9.17) is 9.84 Å². The lowest BCUT2D eigenvalue weighted by Gasteiger charge is -2.26. The molecule has 0 radical (unpaired) electrons. The second-order valence-corrected chi connectivity index (χ2v) is 5.54. The second-order valence-electron chi connectivity index (χ2n) is 5.54. The van der Waals surface area contributed by atoms with Crippen molar-refractivity contribution in [1.82, 2.24) is 10.3 Å². The number of carbonyl (C=O) groups is 2. The van der Waals surface area contributed by atoms with Crippen LogP contribution in [0.15, 0.2) is 18.3 Å². The van der Waals surface area contributed by atoms with Crippen molar-refractivity contribution in [3.8, 4) is 5.88 Å². The zero-order chi connectivity index (χ0) is 17.5. The predicted octanol–water partition coefficient (Wildman–Crippen LogP) is 2.49. The molecular formula is C15H19F2N3O4. The minimum Gasteiger partial charge on any atom is -0.481 e. The number of amides is 2. The fourth-order valence-corrected chi connectivity index (χ4v) is 2.57. The average Bonchev–Trinajstić information content (AvgIpc) is 2.54. The lowest BCUT2D eigenvalue weighted by Crippen LogP contribution is -2.41. The number of rotatable bonds is 6. The third-order valence-electron chi connectivity index (χ3n) is 3.78. The maximum atomic E-state index is 12.2. The van der Waals surface area contributed by atoms with Crippen LogP contribution in [0.25, 0.3) is 0 Å². The number of ether oxygens (including phenoxy) is 1. The van der Waals surface area contributed by atoms with Gasteiger partial charge in [0, 0.05) is 12.2 Å². The van der Waals surface area contributed by atoms with Crippen molar-refractivity contribution >= 4 is 17.7 Å². The number of carboxylic acids is 1. The van der Waals surface area contributed by atoms with E-state index in [1.807, 2.05) is 0 Å². The van der Waals surface area contributed by atoms with Crippen molar-refractivity contribution in [3.63, 3.8) is 0 Å². The lowest BCUT2D eigenvalue weighted by atomic mass is 9.86. The van der Waals surface area contributed by atoms with E-state index >= 15 is 0 Å². The number of hydrogen-bond acceptors (Lipinski definition) is 4. The van der Waals surface area contributed by atoms with Crippen molar-refractivity contribution < 1.29 is 28.2 Å². The van der Waals surface area contributed by atoms with Gasteiger partial charge in [0.1, 0.15) is 5.69 Å². The Hall–Kier alpha value is -2.45. The Labute approximate surface area is 137 Å². The predicted molar refractivity (Wildman–Crippen MR) is 81.3 cm³/mol. The van der Waals surface area contributed by atoms with Gasteiger partial charge in [0.25, 0.3) is 6.43 Å². The van der Waals surface area contributed by atoms with Gasteiger partial charge in [-0.1, -0.05) is 0 Å². The fourth-order valence-electron chi connectivity index (χ4n) is 2.57. The first kappa shape index (κ1) is 17.9. The number of pyridine rings is 1. The van der Waals surface area contributed by atoms with Crippen LogP contribution in [0, 0.1) is 5.92 Å². The van der Waals surface area contributed by atoms with Gasteiger partial charge in [0.05, 0.1) is 5.92 Å². The van der Waals surface area contributed by atoms with Gasteiger partial charge in [0.15, 0.2) is 6.61 Å². The molecule has 0 atom stereocenters. The van der Waals surface area contributed by atoms with Gasteiger partial charge in [0.2, 0.25) is 5.88 Å². The van der Waals surface area contributed by atoms with Crippen molar-refractivity contribution in [2.75, 3.05) is 11.9 Å². The van der Waals surface area contributed by atoms with Crippen molar-refractivity contribution in [2.24, 2.45) is 5.92 Å². The normalized spacial score (nSPS) is 20.5. The molecule has 0 spiro atoms. The summed E-state index contributed by atoms with van der Waals surface area (Å²) in [6.07, 6.45) is 0.902. The number of carboxylic acid groups (broad SMARTS) is 1. The molecule has 24 heavy (non-hydrogen) atoms. The molecule has 0 aromatic carbocycles. The summed E-state index contributed by atoms with van der Waals surface area (Å²) in [5.41, 5.74) is 0.190.